The average Bonchev–Trinajstić information content (AvgIpc) is 3.61. The largest absolute Gasteiger partial charge is 0.489 e. The van der Waals surface area contributed by atoms with Crippen molar-refractivity contribution >= 4 is 57.2 Å². The number of nitrogens with zero attached hydrogens (tertiary/aromatic N) is 2. The van der Waals surface area contributed by atoms with Crippen LogP contribution in [0.4, 0.5) is 34.1 Å². The molecule has 0 N–H and O–H groups in total. The van der Waals surface area contributed by atoms with Crippen molar-refractivity contribution in [1.29, 1.82) is 0 Å². The summed E-state index contributed by atoms with van der Waals surface area (Å²) in [5.74, 6) is 1.58. The summed E-state index contributed by atoms with van der Waals surface area (Å²) in [6.07, 6.45) is 0.832. The van der Waals surface area contributed by atoms with E-state index in [-0.39, 0.29) is 28.4 Å². The first-order chi connectivity index (χ1) is 34.6. The molecule has 0 atom stereocenters. The molecule has 8 aromatic carbocycles. The SMILES string of the molecule is Cc1cc2c3c(c1)N(c1cccc4c1OCCCO4)c1ccc(C(C)(C)C)cc1B3c1ccc(-c3ccc(C(C)(C)C)cc3)cc1N2c1cc(-c2ccc(C(C)(C)C)cc2)cc(-c2ccc(C(C)(C)C)cc2)c1. The van der Waals surface area contributed by atoms with Gasteiger partial charge in [-0.25, -0.2) is 0 Å². The second-order valence-corrected chi connectivity index (χ2v) is 25.0. The van der Waals surface area contributed by atoms with E-state index in [1.165, 1.54) is 89.0 Å². The van der Waals surface area contributed by atoms with Crippen LogP contribution in [0.15, 0.2) is 158 Å². The monoisotopic (exact) mass is 959 g/mol. The smallest absolute Gasteiger partial charge is 0.252 e. The van der Waals surface area contributed by atoms with E-state index in [1.54, 1.807) is 0 Å². The molecular weight excluding hydrogens is 888 g/mol. The summed E-state index contributed by atoms with van der Waals surface area (Å²) in [6, 6.07) is 60.7. The third kappa shape index (κ3) is 8.83. The Balaban J connectivity index is 1.21. The fourth-order valence-electron chi connectivity index (χ4n) is 11.2. The van der Waals surface area contributed by atoms with Crippen LogP contribution in [0.2, 0.25) is 0 Å². The summed E-state index contributed by atoms with van der Waals surface area (Å²) in [6.45, 7) is 31.0. The molecule has 3 heterocycles. The lowest BCUT2D eigenvalue weighted by atomic mass is 9.33. The molecule has 0 spiro atoms. The van der Waals surface area contributed by atoms with E-state index in [2.05, 4.69) is 258 Å². The molecule has 11 rings (SSSR count). The highest BCUT2D eigenvalue weighted by Gasteiger charge is 2.45. The van der Waals surface area contributed by atoms with Crippen LogP contribution in [0.5, 0.6) is 11.5 Å². The van der Waals surface area contributed by atoms with Gasteiger partial charge in [-0.05, 0) is 161 Å². The van der Waals surface area contributed by atoms with Crippen molar-refractivity contribution in [2.75, 3.05) is 23.0 Å². The third-order valence-electron chi connectivity index (χ3n) is 15.5. The Bertz CT molecular complexity index is 3340. The quantitative estimate of drug-likeness (QED) is 0.161. The fourth-order valence-corrected chi connectivity index (χ4v) is 11.2. The highest BCUT2D eigenvalue weighted by Crippen LogP contribution is 2.51. The maximum atomic E-state index is 6.68. The lowest BCUT2D eigenvalue weighted by molar-refractivity contribution is 0.297. The summed E-state index contributed by atoms with van der Waals surface area (Å²) in [7, 11) is 0. The van der Waals surface area contributed by atoms with Gasteiger partial charge >= 0.3 is 0 Å². The number of ether oxygens (including phenoxy) is 2. The molecule has 368 valence electrons. The molecule has 0 unspecified atom stereocenters. The molecule has 3 aliphatic rings. The number of fused-ring (bicyclic) bond motifs is 5. The van der Waals surface area contributed by atoms with Crippen molar-refractivity contribution in [3.8, 4) is 44.9 Å². The Labute approximate surface area is 436 Å². The molecule has 3 aliphatic heterocycles. The van der Waals surface area contributed by atoms with E-state index in [0.29, 0.717) is 13.2 Å². The highest BCUT2D eigenvalue weighted by molar-refractivity contribution is 7.00. The molecule has 0 radical (unpaired) electrons. The zero-order valence-electron chi connectivity index (χ0n) is 45.4. The van der Waals surface area contributed by atoms with Crippen molar-refractivity contribution in [2.24, 2.45) is 0 Å². The standard InChI is InChI=1S/C68H71BN2O2/c1-43-36-60-63-61(37-43)71(58-16-14-17-62-64(58)73-35-15-34-72-62)57-33-31-53(68(11,12)13)42-56(57)69(63)55-32-24-47(44-18-25-50(26-19-44)65(2,3)4)41-59(55)70(60)54-39-48(45-20-27-51(28-21-45)66(5,6)7)38-49(40-54)46-22-29-52(30-23-46)67(8,9)10/h14,16-33,36-42H,15,34-35H2,1-13H3. The summed E-state index contributed by atoms with van der Waals surface area (Å²) in [5.41, 5.74) is 24.3. The lowest BCUT2D eigenvalue weighted by Crippen LogP contribution is -2.61. The van der Waals surface area contributed by atoms with E-state index in [1.807, 2.05) is 0 Å². The molecule has 0 aromatic heterocycles. The first-order valence-electron chi connectivity index (χ1n) is 26.5. The maximum absolute atomic E-state index is 6.68. The molecule has 0 aliphatic carbocycles. The van der Waals surface area contributed by atoms with Gasteiger partial charge in [-0.3, -0.25) is 0 Å². The zero-order chi connectivity index (χ0) is 51.4. The van der Waals surface area contributed by atoms with Crippen LogP contribution in [0.1, 0.15) is 117 Å². The van der Waals surface area contributed by atoms with Gasteiger partial charge in [0.1, 0.15) is 0 Å². The van der Waals surface area contributed by atoms with Crippen LogP contribution < -0.4 is 35.7 Å². The molecule has 4 nitrogen and oxygen atoms in total. The van der Waals surface area contributed by atoms with Gasteiger partial charge in [0.15, 0.2) is 11.5 Å². The van der Waals surface area contributed by atoms with Crippen molar-refractivity contribution < 1.29 is 9.47 Å². The Morgan fingerprint density at radius 1 is 0.384 bits per heavy atom. The van der Waals surface area contributed by atoms with Crippen LogP contribution in [-0.2, 0) is 21.7 Å². The molecule has 73 heavy (non-hydrogen) atoms. The summed E-state index contributed by atoms with van der Waals surface area (Å²) in [5, 5.41) is 0. The first-order valence-corrected chi connectivity index (χ1v) is 26.5. The van der Waals surface area contributed by atoms with Gasteiger partial charge < -0.3 is 19.3 Å². The molecule has 0 saturated carbocycles. The second-order valence-electron chi connectivity index (χ2n) is 25.0. The average molecular weight is 959 g/mol. The minimum Gasteiger partial charge on any atom is -0.489 e. The van der Waals surface area contributed by atoms with Gasteiger partial charge in [0.25, 0.3) is 6.71 Å². The highest BCUT2D eigenvalue weighted by atomic mass is 16.5. The van der Waals surface area contributed by atoms with Gasteiger partial charge in [0, 0.05) is 34.9 Å². The van der Waals surface area contributed by atoms with Crippen molar-refractivity contribution in [1.82, 2.24) is 0 Å². The number of hydrogen-bond donors (Lipinski definition) is 0. The number of anilines is 6. The molecule has 0 fully saturated rings. The van der Waals surface area contributed by atoms with Crippen LogP contribution >= 0.6 is 0 Å². The second kappa shape index (κ2) is 17.6. The van der Waals surface area contributed by atoms with Crippen LogP contribution in [0.3, 0.4) is 0 Å². The maximum Gasteiger partial charge on any atom is 0.252 e. The molecule has 0 saturated heterocycles. The fraction of sp³-hybridized carbons (Fsp3) is 0.294. The van der Waals surface area contributed by atoms with Crippen LogP contribution in [0, 0.1) is 6.92 Å². The van der Waals surface area contributed by atoms with E-state index in [0.717, 1.165) is 40.7 Å². The van der Waals surface area contributed by atoms with Crippen LogP contribution in [0.25, 0.3) is 33.4 Å². The van der Waals surface area contributed by atoms with Crippen molar-refractivity contribution in [3.63, 3.8) is 0 Å². The van der Waals surface area contributed by atoms with Crippen molar-refractivity contribution in [2.45, 2.75) is 118 Å². The van der Waals surface area contributed by atoms with E-state index in [9.17, 15) is 0 Å². The van der Waals surface area contributed by atoms with E-state index in [4.69, 9.17) is 9.47 Å². The van der Waals surface area contributed by atoms with Gasteiger partial charge in [-0.15, -0.1) is 0 Å². The lowest BCUT2D eigenvalue weighted by Gasteiger charge is -2.45. The Morgan fingerprint density at radius 3 is 1.42 bits per heavy atom. The Hall–Kier alpha value is -6.98. The van der Waals surface area contributed by atoms with Gasteiger partial charge in [-0.2, -0.15) is 0 Å². The molecule has 0 amide bonds. The molecule has 5 heteroatoms. The van der Waals surface area contributed by atoms with Gasteiger partial charge in [0.05, 0.1) is 18.9 Å². The minimum atomic E-state index is -0.0728. The molecule has 8 aromatic rings. The number of rotatable bonds is 5. The number of hydrogen-bond acceptors (Lipinski definition) is 4. The van der Waals surface area contributed by atoms with Gasteiger partial charge in [-0.1, -0.05) is 186 Å². The van der Waals surface area contributed by atoms with Crippen LogP contribution in [-0.4, -0.2) is 19.9 Å². The van der Waals surface area contributed by atoms with Crippen molar-refractivity contribution in [3.05, 3.63) is 186 Å². The first kappa shape index (κ1) is 48.3. The topological polar surface area (TPSA) is 24.9 Å². The molecule has 0 bridgehead atoms. The summed E-state index contributed by atoms with van der Waals surface area (Å²) >= 11 is 0. The summed E-state index contributed by atoms with van der Waals surface area (Å²) < 4.78 is 13.1. The number of para-hydroxylation sites is 1. The minimum absolute atomic E-state index is 0.0427. The predicted octanol–water partition coefficient (Wildman–Crippen LogP) is 16.4. The predicted molar refractivity (Wildman–Crippen MR) is 312 cm³/mol. The van der Waals surface area contributed by atoms with E-state index < -0.39 is 0 Å². The molecular formula is C68H71BN2O2. The normalized spacial score (nSPS) is 14.3. The van der Waals surface area contributed by atoms with Gasteiger partial charge in [0.2, 0.25) is 0 Å². The number of aryl methyl sites for hydroxylation is 1. The Kier molecular flexibility index (Phi) is 11.7. The Morgan fingerprint density at radius 2 is 0.877 bits per heavy atom. The summed E-state index contributed by atoms with van der Waals surface area (Å²) in [4.78, 5) is 5.06. The number of benzene rings is 8. The third-order valence-corrected chi connectivity index (χ3v) is 15.5. The zero-order valence-corrected chi connectivity index (χ0v) is 45.4. The van der Waals surface area contributed by atoms with E-state index >= 15 is 0 Å².